The summed E-state index contributed by atoms with van der Waals surface area (Å²) in [5.74, 6) is -1.31. The van der Waals surface area contributed by atoms with Crippen LogP contribution in [0, 0.1) is 5.92 Å². The zero-order valence-corrected chi connectivity index (χ0v) is 13.0. The molecular formula is C14H16Cl2N2O3. The second-order valence-corrected chi connectivity index (χ2v) is 6.07. The number of hydrogen-bond acceptors (Lipinski definition) is 3. The Morgan fingerprint density at radius 2 is 1.90 bits per heavy atom. The zero-order valence-electron chi connectivity index (χ0n) is 11.5. The predicted octanol–water partition coefficient (Wildman–Crippen LogP) is 2.16. The van der Waals surface area contributed by atoms with Gasteiger partial charge in [-0.05, 0) is 30.5 Å². The Labute approximate surface area is 132 Å². The Kier molecular flexibility index (Phi) is 5.08. The van der Waals surface area contributed by atoms with Gasteiger partial charge in [0.1, 0.15) is 0 Å². The number of nitrogens with zero attached hydrogens (tertiary/aromatic N) is 1. The van der Waals surface area contributed by atoms with Crippen LogP contribution in [0.4, 0.5) is 5.69 Å². The highest BCUT2D eigenvalue weighted by Crippen LogP contribution is 2.23. The highest BCUT2D eigenvalue weighted by atomic mass is 35.5. The zero-order chi connectivity index (χ0) is 15.6. The Bertz CT molecular complexity index is 545. The monoisotopic (exact) mass is 330 g/mol. The molecule has 0 aromatic heterocycles. The molecule has 1 aromatic carbocycles. The van der Waals surface area contributed by atoms with Gasteiger partial charge in [0.15, 0.2) is 0 Å². The molecule has 1 heterocycles. The molecular weight excluding hydrogens is 315 g/mol. The van der Waals surface area contributed by atoms with Crippen LogP contribution in [0.2, 0.25) is 10.0 Å². The number of carbonyl (C=O) groups is 2. The first-order valence-electron chi connectivity index (χ1n) is 6.61. The van der Waals surface area contributed by atoms with Crippen molar-refractivity contribution in [3.63, 3.8) is 0 Å². The van der Waals surface area contributed by atoms with Gasteiger partial charge in [0.25, 0.3) is 0 Å². The summed E-state index contributed by atoms with van der Waals surface area (Å²) in [5, 5.41) is 13.0. The molecule has 114 valence electrons. The fourth-order valence-corrected chi connectivity index (χ4v) is 2.71. The number of piperidine rings is 1. The lowest BCUT2D eigenvalue weighted by atomic mass is 9.96. The van der Waals surface area contributed by atoms with Gasteiger partial charge in [-0.15, -0.1) is 0 Å². The summed E-state index contributed by atoms with van der Waals surface area (Å²) in [7, 11) is 0. The smallest absolute Gasteiger partial charge is 0.313 e. The highest BCUT2D eigenvalue weighted by Gasteiger charge is 2.30. The number of rotatable bonds is 1. The van der Waals surface area contributed by atoms with Crippen LogP contribution in [0.15, 0.2) is 18.2 Å². The maximum Gasteiger partial charge on any atom is 0.313 e. The predicted molar refractivity (Wildman–Crippen MR) is 81.5 cm³/mol. The quantitative estimate of drug-likeness (QED) is 0.775. The number of hydrogen-bond donors (Lipinski definition) is 2. The van der Waals surface area contributed by atoms with E-state index in [0.29, 0.717) is 28.7 Å². The van der Waals surface area contributed by atoms with Gasteiger partial charge in [-0.25, -0.2) is 0 Å². The van der Waals surface area contributed by atoms with E-state index >= 15 is 0 Å². The minimum Gasteiger partial charge on any atom is -0.391 e. The second-order valence-electron chi connectivity index (χ2n) is 5.20. The van der Waals surface area contributed by atoms with E-state index in [2.05, 4.69) is 5.32 Å². The molecule has 1 aromatic rings. The number of β-amino-alcohol motifs (C(OH)–C–C–N with tert-alkyl or cyclic N) is 1. The van der Waals surface area contributed by atoms with Gasteiger partial charge in [0.2, 0.25) is 0 Å². The normalized spacial score (nSPS) is 22.0. The molecule has 1 saturated heterocycles. The minimum absolute atomic E-state index is 0.129. The van der Waals surface area contributed by atoms with Crippen molar-refractivity contribution < 1.29 is 14.7 Å². The maximum atomic E-state index is 12.1. The molecule has 1 aliphatic rings. The molecule has 1 aliphatic heterocycles. The van der Waals surface area contributed by atoms with Crippen LogP contribution in [-0.2, 0) is 9.59 Å². The van der Waals surface area contributed by atoms with Crippen LogP contribution in [0.25, 0.3) is 0 Å². The van der Waals surface area contributed by atoms with E-state index in [0.717, 1.165) is 0 Å². The van der Waals surface area contributed by atoms with Crippen molar-refractivity contribution in [1.82, 2.24) is 4.90 Å². The van der Waals surface area contributed by atoms with E-state index in [9.17, 15) is 14.7 Å². The molecule has 7 heteroatoms. The Hall–Kier alpha value is -1.30. The molecule has 2 amide bonds. The third-order valence-corrected chi connectivity index (χ3v) is 3.96. The van der Waals surface area contributed by atoms with E-state index < -0.39 is 17.9 Å². The summed E-state index contributed by atoms with van der Waals surface area (Å²) in [5.41, 5.74) is 0.358. The van der Waals surface area contributed by atoms with Crippen molar-refractivity contribution in [3.05, 3.63) is 28.2 Å². The molecule has 5 nitrogen and oxygen atoms in total. The van der Waals surface area contributed by atoms with Crippen LogP contribution >= 0.6 is 23.2 Å². The number of halogens is 2. The molecule has 0 aliphatic carbocycles. The van der Waals surface area contributed by atoms with Gasteiger partial charge in [-0.1, -0.05) is 30.1 Å². The maximum absolute atomic E-state index is 12.1. The van der Waals surface area contributed by atoms with Crippen molar-refractivity contribution in [2.45, 2.75) is 19.4 Å². The lowest BCUT2D eigenvalue weighted by Crippen LogP contribution is -2.49. The third kappa shape index (κ3) is 4.09. The summed E-state index contributed by atoms with van der Waals surface area (Å²) in [6.07, 6.45) is 0.0690. The number of benzene rings is 1. The SMILES string of the molecule is CC1CCN(C(=O)C(=O)Nc2cc(Cl)cc(Cl)c2)CC1O. The van der Waals surface area contributed by atoms with E-state index in [1.807, 2.05) is 6.92 Å². The van der Waals surface area contributed by atoms with Crippen molar-refractivity contribution in [2.75, 3.05) is 18.4 Å². The van der Waals surface area contributed by atoms with Crippen molar-refractivity contribution in [3.8, 4) is 0 Å². The molecule has 2 rings (SSSR count). The molecule has 0 saturated carbocycles. The number of aliphatic hydroxyl groups excluding tert-OH is 1. The van der Waals surface area contributed by atoms with Crippen LogP contribution in [0.5, 0.6) is 0 Å². The first kappa shape index (κ1) is 16.1. The van der Waals surface area contributed by atoms with Crippen molar-refractivity contribution in [1.29, 1.82) is 0 Å². The Morgan fingerprint density at radius 3 is 2.48 bits per heavy atom. The molecule has 21 heavy (non-hydrogen) atoms. The number of aliphatic hydroxyl groups is 1. The van der Waals surface area contributed by atoms with E-state index in [4.69, 9.17) is 23.2 Å². The average Bonchev–Trinajstić information content (AvgIpc) is 2.39. The fourth-order valence-electron chi connectivity index (χ4n) is 2.19. The number of carbonyl (C=O) groups excluding carboxylic acids is 2. The van der Waals surface area contributed by atoms with Crippen molar-refractivity contribution in [2.24, 2.45) is 5.92 Å². The van der Waals surface area contributed by atoms with Crippen LogP contribution < -0.4 is 5.32 Å². The first-order chi connectivity index (χ1) is 9.86. The lowest BCUT2D eigenvalue weighted by Gasteiger charge is -2.33. The van der Waals surface area contributed by atoms with E-state index in [1.54, 1.807) is 0 Å². The van der Waals surface area contributed by atoms with Gasteiger partial charge < -0.3 is 15.3 Å². The highest BCUT2D eigenvalue weighted by molar-refractivity contribution is 6.40. The van der Waals surface area contributed by atoms with Gasteiger partial charge in [-0.2, -0.15) is 0 Å². The number of anilines is 1. The third-order valence-electron chi connectivity index (χ3n) is 3.52. The van der Waals surface area contributed by atoms with Gasteiger partial charge in [0.05, 0.1) is 6.10 Å². The molecule has 2 N–H and O–H groups in total. The van der Waals surface area contributed by atoms with Crippen LogP contribution in [0.1, 0.15) is 13.3 Å². The standard InChI is InChI=1S/C14H16Cl2N2O3/c1-8-2-3-18(7-12(8)19)14(21)13(20)17-11-5-9(15)4-10(16)6-11/h4-6,8,12,19H,2-3,7H2,1H3,(H,17,20). The molecule has 0 spiro atoms. The molecule has 1 fully saturated rings. The van der Waals surface area contributed by atoms with Gasteiger partial charge >= 0.3 is 11.8 Å². The Balaban J connectivity index is 2.01. The van der Waals surface area contributed by atoms with Crippen LogP contribution in [-0.4, -0.2) is 41.0 Å². The first-order valence-corrected chi connectivity index (χ1v) is 7.37. The summed E-state index contributed by atoms with van der Waals surface area (Å²) in [4.78, 5) is 25.4. The topological polar surface area (TPSA) is 69.6 Å². The van der Waals surface area contributed by atoms with Crippen LogP contribution in [0.3, 0.4) is 0 Å². The van der Waals surface area contributed by atoms with Gasteiger partial charge in [-0.3, -0.25) is 9.59 Å². The summed E-state index contributed by atoms with van der Waals surface area (Å²) in [6.45, 7) is 2.55. The van der Waals surface area contributed by atoms with Crippen molar-refractivity contribution >= 4 is 40.7 Å². The average molecular weight is 331 g/mol. The minimum atomic E-state index is -0.768. The van der Waals surface area contributed by atoms with E-state index in [-0.39, 0.29) is 12.5 Å². The summed E-state index contributed by atoms with van der Waals surface area (Å²) >= 11 is 11.7. The summed E-state index contributed by atoms with van der Waals surface area (Å²) in [6, 6.07) is 4.54. The number of nitrogens with one attached hydrogen (secondary N) is 1. The van der Waals surface area contributed by atoms with E-state index in [1.165, 1.54) is 23.1 Å². The second kappa shape index (κ2) is 6.64. The fraction of sp³-hybridized carbons (Fsp3) is 0.429. The lowest BCUT2D eigenvalue weighted by molar-refractivity contribution is -0.146. The Morgan fingerprint density at radius 1 is 1.29 bits per heavy atom. The molecule has 0 radical (unpaired) electrons. The number of amides is 2. The summed E-state index contributed by atoms with van der Waals surface area (Å²) < 4.78 is 0. The molecule has 0 bridgehead atoms. The molecule has 2 atom stereocenters. The molecule has 2 unspecified atom stereocenters. The largest absolute Gasteiger partial charge is 0.391 e. The van der Waals surface area contributed by atoms with Gasteiger partial charge in [0, 0.05) is 28.8 Å². The number of likely N-dealkylation sites (tertiary alicyclic amines) is 1.